The molecule has 0 aliphatic carbocycles. The quantitative estimate of drug-likeness (QED) is 0.276. The first kappa shape index (κ1) is 28.1. The average molecular weight is 584 g/mol. The first-order valence-electron chi connectivity index (χ1n) is 11.6. The molecule has 1 aliphatic heterocycles. The number of methoxy groups -OCH3 is 1. The van der Waals surface area contributed by atoms with Gasteiger partial charge < -0.3 is 24.1 Å². The number of nitrogens with one attached hydrogen (secondary N) is 2. The van der Waals surface area contributed by atoms with E-state index < -0.39 is 17.6 Å². The van der Waals surface area contributed by atoms with Gasteiger partial charge in [-0.05, 0) is 75.2 Å². The highest BCUT2D eigenvalue weighted by Gasteiger charge is 2.24. The second kappa shape index (κ2) is 10.7. The van der Waals surface area contributed by atoms with Crippen molar-refractivity contribution in [2.24, 2.45) is 0 Å². The number of hydrogen-bond acceptors (Lipinski definition) is 10. The molecule has 3 aromatic rings. The van der Waals surface area contributed by atoms with Gasteiger partial charge >= 0.3 is 10.5 Å². The molecule has 38 heavy (non-hydrogen) atoms. The Morgan fingerprint density at radius 1 is 1.18 bits per heavy atom. The second-order valence-corrected chi connectivity index (χ2v) is 13.8. The Hall–Kier alpha value is -2.92. The van der Waals surface area contributed by atoms with Crippen LogP contribution >= 0.6 is 18.7 Å². The van der Waals surface area contributed by atoms with Crippen LogP contribution < -0.4 is 24.9 Å². The van der Waals surface area contributed by atoms with Crippen LogP contribution in [0, 0.1) is 0 Å². The number of hydrogen-bond donors (Lipinski definition) is 2. The molecule has 1 unspecified atom stereocenters. The Morgan fingerprint density at radius 2 is 1.92 bits per heavy atom. The molecule has 1 atom stereocenters. The highest BCUT2D eigenvalue weighted by Crippen LogP contribution is 2.41. The Morgan fingerprint density at radius 3 is 2.58 bits per heavy atom. The third kappa shape index (κ3) is 6.37. The number of likely N-dealkylation sites (N-methyl/N-ethyl adjacent to an activating group) is 1. The molecule has 204 valence electrons. The molecule has 0 fully saturated rings. The summed E-state index contributed by atoms with van der Waals surface area (Å²) < 4.78 is 57.7. The van der Waals surface area contributed by atoms with Gasteiger partial charge in [-0.25, -0.2) is 4.98 Å². The van der Waals surface area contributed by atoms with Crippen molar-refractivity contribution in [1.29, 1.82) is 0 Å². The molecule has 0 spiro atoms. The summed E-state index contributed by atoms with van der Waals surface area (Å²) in [6, 6.07) is 8.10. The van der Waals surface area contributed by atoms with Crippen LogP contribution in [0.25, 0.3) is 0 Å². The van der Waals surface area contributed by atoms with Gasteiger partial charge in [-0.15, -0.1) is 0 Å². The van der Waals surface area contributed by atoms with Crippen molar-refractivity contribution in [1.82, 2.24) is 14.9 Å². The minimum atomic E-state index is -5.24. The fourth-order valence-corrected chi connectivity index (χ4v) is 5.85. The van der Waals surface area contributed by atoms with E-state index in [2.05, 4.69) is 43.7 Å². The number of ether oxygens (including phenoxy) is 1. The molecule has 2 N–H and O–H groups in total. The molecule has 0 saturated carbocycles. The predicted molar refractivity (Wildman–Crippen MR) is 148 cm³/mol. The van der Waals surface area contributed by atoms with Crippen molar-refractivity contribution in [2.75, 3.05) is 44.7 Å². The Balaban J connectivity index is 1.67. The lowest BCUT2D eigenvalue weighted by Gasteiger charge is -2.33. The minimum absolute atomic E-state index is 0.183. The summed E-state index contributed by atoms with van der Waals surface area (Å²) in [4.78, 5) is 11.0. The maximum Gasteiger partial charge on any atom is 0.488 e. The monoisotopic (exact) mass is 583 g/mol. The summed E-state index contributed by atoms with van der Waals surface area (Å²) in [5, 5.41) is 6.62. The van der Waals surface area contributed by atoms with E-state index in [1.54, 1.807) is 7.11 Å². The highest BCUT2D eigenvalue weighted by molar-refractivity contribution is 7.81. The van der Waals surface area contributed by atoms with E-state index >= 15 is 0 Å². The van der Waals surface area contributed by atoms with E-state index in [1.807, 2.05) is 12.1 Å². The minimum Gasteiger partial charge on any atom is -0.495 e. The van der Waals surface area contributed by atoms with E-state index in [4.69, 9.17) is 16.3 Å². The molecule has 1 aromatic heterocycles. The maximum atomic E-state index is 13.0. The largest absolute Gasteiger partial charge is 0.495 e. The zero-order chi connectivity index (χ0) is 27.8. The highest BCUT2D eigenvalue weighted by atomic mass is 35.5. The van der Waals surface area contributed by atoms with Crippen molar-refractivity contribution in [3.05, 3.63) is 52.7 Å². The summed E-state index contributed by atoms with van der Waals surface area (Å²) in [5.41, 5.74) is 3.42. The molecule has 0 radical (unpaired) electrons. The van der Waals surface area contributed by atoms with Crippen LogP contribution in [0.1, 0.15) is 24.1 Å². The summed E-state index contributed by atoms with van der Waals surface area (Å²) >= 11 is 6.35. The number of halogens is 2. The van der Waals surface area contributed by atoms with Crippen molar-refractivity contribution in [2.45, 2.75) is 19.4 Å². The van der Waals surface area contributed by atoms with E-state index in [-0.39, 0.29) is 33.9 Å². The first-order valence-corrected chi connectivity index (χ1v) is 15.8. The number of fused-ring (bicyclic) bond motifs is 1. The number of aromatic nitrogens is 2. The number of benzene rings is 2. The zero-order valence-corrected chi connectivity index (χ0v) is 23.9. The van der Waals surface area contributed by atoms with Crippen LogP contribution in [0.15, 0.2) is 36.5 Å². The van der Waals surface area contributed by atoms with Crippen LogP contribution in [0.3, 0.4) is 0 Å². The molecule has 4 rings (SSSR count). The summed E-state index contributed by atoms with van der Waals surface area (Å²) in [5.74, 6) is 0.767. The van der Waals surface area contributed by atoms with Gasteiger partial charge in [-0.2, -0.15) is 13.4 Å². The molecule has 0 amide bonds. The third-order valence-electron chi connectivity index (χ3n) is 6.30. The van der Waals surface area contributed by atoms with E-state index in [0.29, 0.717) is 17.1 Å². The molecule has 0 bridgehead atoms. The van der Waals surface area contributed by atoms with Crippen molar-refractivity contribution >= 4 is 57.7 Å². The van der Waals surface area contributed by atoms with Gasteiger partial charge in [0, 0.05) is 17.9 Å². The molecular weight excluding hydrogens is 556 g/mol. The maximum absolute atomic E-state index is 13.0. The second-order valence-electron chi connectivity index (χ2n) is 9.30. The van der Waals surface area contributed by atoms with Gasteiger partial charge in [0.1, 0.15) is 23.7 Å². The van der Waals surface area contributed by atoms with Crippen molar-refractivity contribution in [3.8, 4) is 11.5 Å². The lowest BCUT2D eigenvalue weighted by molar-refractivity contribution is 0.247. The van der Waals surface area contributed by atoms with Crippen LogP contribution in [0.4, 0.5) is 27.0 Å². The summed E-state index contributed by atoms with van der Waals surface area (Å²) in [6.45, 7) is 6.07. The summed E-state index contributed by atoms with van der Waals surface area (Å²) in [6.07, 6.45) is 2.32. The number of rotatable bonds is 8. The number of nitrogens with zero attached hydrogens (tertiary/aromatic N) is 3. The third-order valence-corrected chi connectivity index (χ3v) is 8.49. The fraction of sp³-hybridized carbons (Fsp3) is 0.333. The van der Waals surface area contributed by atoms with Crippen LogP contribution in [0.5, 0.6) is 11.5 Å². The average Bonchev–Trinajstić information content (AvgIpc) is 2.83. The summed E-state index contributed by atoms with van der Waals surface area (Å²) in [7, 11) is -4.55. The van der Waals surface area contributed by atoms with E-state index in [0.717, 1.165) is 13.0 Å². The van der Waals surface area contributed by atoms with Crippen molar-refractivity contribution in [3.63, 3.8) is 0 Å². The van der Waals surface area contributed by atoms with E-state index in [9.17, 15) is 16.9 Å². The Kier molecular flexibility index (Phi) is 7.90. The molecule has 14 heteroatoms. The number of anilines is 4. The van der Waals surface area contributed by atoms with Crippen molar-refractivity contribution < 1.29 is 25.8 Å². The smallest absolute Gasteiger partial charge is 0.488 e. The molecule has 10 nitrogen and oxygen atoms in total. The molecule has 2 aromatic carbocycles. The standard InChI is InChI=1S/C24H28ClFN5O5PS/c1-14-17-12-20(21(35-3)10-15(17)8-9-31(14)2)29-24-27-13-18(25)23(30-24)28-19-7-6-16(36-38(26,33)34)11-22(19)37(4,5)32/h6-7,10-14H,8-9H2,1-5H3,(H2,27,28,29,30). The lowest BCUT2D eigenvalue weighted by atomic mass is 9.93. The normalized spacial score (nSPS) is 16.0. The van der Waals surface area contributed by atoms with E-state index in [1.165, 1.54) is 48.9 Å². The topological polar surface area (TPSA) is 123 Å². The molecule has 0 saturated heterocycles. The molecule has 2 heterocycles. The van der Waals surface area contributed by atoms with Crippen LogP contribution in [-0.2, 0) is 21.5 Å². The van der Waals surface area contributed by atoms with Gasteiger partial charge in [-0.3, -0.25) is 4.90 Å². The van der Waals surface area contributed by atoms with Gasteiger partial charge in [0.15, 0.2) is 5.82 Å². The van der Waals surface area contributed by atoms with Gasteiger partial charge in [0.05, 0.1) is 24.7 Å². The molecular formula is C24H28ClFN5O5PS. The SMILES string of the molecule is COc1cc2c(cc1Nc1ncc(Cl)c(Nc3ccc(OS(=O)(=O)F)cc3P(C)(C)=O)n1)C(C)N(C)CC2. The fourth-order valence-electron chi connectivity index (χ4n) is 4.23. The van der Waals surface area contributed by atoms with Gasteiger partial charge in [-0.1, -0.05) is 15.5 Å². The zero-order valence-electron chi connectivity index (χ0n) is 21.4. The Bertz CT molecular complexity index is 1530. The first-order chi connectivity index (χ1) is 17.7. The van der Waals surface area contributed by atoms with Gasteiger partial charge in [0.25, 0.3) is 0 Å². The van der Waals surface area contributed by atoms with Gasteiger partial charge in [0.2, 0.25) is 5.95 Å². The molecule has 1 aliphatic rings. The Labute approximate surface area is 226 Å². The lowest BCUT2D eigenvalue weighted by Crippen LogP contribution is -2.30. The van der Waals surface area contributed by atoms with Crippen LogP contribution in [0.2, 0.25) is 5.02 Å². The predicted octanol–water partition coefficient (Wildman–Crippen LogP) is 5.02. The van der Waals surface area contributed by atoms with Crippen LogP contribution in [-0.4, -0.2) is 57.3 Å².